The summed E-state index contributed by atoms with van der Waals surface area (Å²) < 4.78 is 85.4. The normalized spacial score (nSPS) is 12.8. The van der Waals surface area contributed by atoms with Gasteiger partial charge in [0.1, 0.15) is 5.82 Å². The number of rotatable bonds is 3. The van der Waals surface area contributed by atoms with Gasteiger partial charge in [-0.05, 0) is 30.5 Å². The third kappa shape index (κ3) is 4.54. The van der Waals surface area contributed by atoms with E-state index in [9.17, 15) is 30.7 Å². The third-order valence-corrected chi connectivity index (χ3v) is 2.26. The van der Waals surface area contributed by atoms with Crippen LogP contribution in [0.25, 0.3) is 0 Å². The summed E-state index contributed by atoms with van der Waals surface area (Å²) >= 11 is 0. The van der Waals surface area contributed by atoms with Crippen molar-refractivity contribution in [2.75, 3.05) is 0 Å². The van der Waals surface area contributed by atoms with Crippen molar-refractivity contribution in [2.45, 2.75) is 31.6 Å². The zero-order valence-corrected chi connectivity index (χ0v) is 9.00. The molecule has 0 amide bonds. The van der Waals surface area contributed by atoms with Crippen molar-refractivity contribution in [3.8, 4) is 0 Å². The van der Waals surface area contributed by atoms with Crippen LogP contribution in [-0.2, 0) is 12.6 Å². The molecule has 0 fully saturated rings. The van der Waals surface area contributed by atoms with E-state index < -0.39 is 30.2 Å². The number of hydrogen-bond donors (Lipinski definition) is 0. The van der Waals surface area contributed by atoms with E-state index in [-0.39, 0.29) is 18.4 Å². The van der Waals surface area contributed by atoms with Gasteiger partial charge in [-0.25, -0.2) is 4.39 Å². The van der Waals surface area contributed by atoms with Gasteiger partial charge in [-0.3, -0.25) is 0 Å². The van der Waals surface area contributed by atoms with E-state index in [2.05, 4.69) is 0 Å². The molecule has 0 unspecified atom stereocenters. The van der Waals surface area contributed by atoms with Gasteiger partial charge in [0.2, 0.25) is 0 Å². The van der Waals surface area contributed by atoms with Crippen LogP contribution in [0.5, 0.6) is 0 Å². The van der Waals surface area contributed by atoms with Crippen molar-refractivity contribution in [3.05, 3.63) is 35.1 Å². The molecule has 0 atom stereocenters. The molecule has 0 aliphatic heterocycles. The first-order valence-corrected chi connectivity index (χ1v) is 5.02. The highest BCUT2D eigenvalue weighted by Crippen LogP contribution is 2.32. The first kappa shape index (κ1) is 14.8. The fourth-order valence-electron chi connectivity index (χ4n) is 1.44. The van der Waals surface area contributed by atoms with E-state index in [1.807, 2.05) is 0 Å². The molecule has 0 radical (unpaired) electrons. The molecule has 0 aliphatic rings. The molecule has 0 aromatic heterocycles. The Morgan fingerprint density at radius 3 is 2.06 bits per heavy atom. The quantitative estimate of drug-likeness (QED) is 0.699. The highest BCUT2D eigenvalue weighted by atomic mass is 19.4. The van der Waals surface area contributed by atoms with Crippen molar-refractivity contribution in [1.29, 1.82) is 0 Å². The second-order valence-corrected chi connectivity index (χ2v) is 3.78. The van der Waals surface area contributed by atoms with Gasteiger partial charge in [0.15, 0.2) is 0 Å². The Morgan fingerprint density at radius 1 is 0.944 bits per heavy atom. The van der Waals surface area contributed by atoms with Gasteiger partial charge < -0.3 is 0 Å². The summed E-state index contributed by atoms with van der Waals surface area (Å²) in [5.74, 6) is -1.43. The minimum Gasteiger partial charge on any atom is -0.206 e. The van der Waals surface area contributed by atoms with Crippen molar-refractivity contribution < 1.29 is 30.7 Å². The lowest BCUT2D eigenvalue weighted by Gasteiger charge is -2.10. The Bertz CT molecular complexity index is 403. The van der Waals surface area contributed by atoms with Crippen LogP contribution in [0.4, 0.5) is 30.7 Å². The van der Waals surface area contributed by atoms with E-state index in [0.29, 0.717) is 12.1 Å². The van der Waals surface area contributed by atoms with Gasteiger partial charge in [0.25, 0.3) is 0 Å². The largest absolute Gasteiger partial charge is 0.419 e. The lowest BCUT2D eigenvalue weighted by Crippen LogP contribution is -2.10. The Morgan fingerprint density at radius 2 is 1.56 bits per heavy atom. The molecule has 102 valence electrons. The molecular weight excluding hydrogens is 265 g/mol. The summed E-state index contributed by atoms with van der Waals surface area (Å²) in [6.45, 7) is 0. The zero-order valence-electron chi connectivity index (χ0n) is 9.00. The lowest BCUT2D eigenvalue weighted by molar-refractivity contribution is -0.140. The summed E-state index contributed by atoms with van der Waals surface area (Å²) in [5, 5.41) is 0. The number of halogens is 7. The van der Waals surface area contributed by atoms with Crippen LogP contribution in [0.3, 0.4) is 0 Å². The Balaban J connectivity index is 2.74. The molecule has 0 bridgehead atoms. The van der Waals surface area contributed by atoms with Crippen molar-refractivity contribution in [1.82, 2.24) is 0 Å². The number of hydrogen-bond acceptors (Lipinski definition) is 0. The van der Waals surface area contributed by atoms with Crippen LogP contribution in [0.1, 0.15) is 24.0 Å². The Hall–Kier alpha value is -1.27. The maximum atomic E-state index is 12.9. The highest BCUT2D eigenvalue weighted by molar-refractivity contribution is 5.27. The molecule has 18 heavy (non-hydrogen) atoms. The maximum absolute atomic E-state index is 12.9. The van der Waals surface area contributed by atoms with Gasteiger partial charge in [-0.2, -0.15) is 26.3 Å². The molecule has 7 heteroatoms. The molecule has 0 saturated carbocycles. The molecule has 1 aromatic carbocycles. The minimum absolute atomic E-state index is 0.0352. The molecule has 1 rings (SSSR count). The zero-order chi connectivity index (χ0) is 14.0. The topological polar surface area (TPSA) is 0 Å². The van der Waals surface area contributed by atoms with E-state index in [1.165, 1.54) is 0 Å². The molecule has 0 heterocycles. The van der Waals surface area contributed by atoms with Gasteiger partial charge in [0, 0.05) is 6.42 Å². The monoisotopic (exact) mass is 274 g/mol. The van der Waals surface area contributed by atoms with Gasteiger partial charge >= 0.3 is 12.4 Å². The Labute approximate surface area is 98.4 Å². The molecule has 1 aromatic rings. The fraction of sp³-hybridized carbons (Fsp3) is 0.455. The fourth-order valence-corrected chi connectivity index (χ4v) is 1.44. The third-order valence-electron chi connectivity index (χ3n) is 2.26. The second-order valence-electron chi connectivity index (χ2n) is 3.78. The minimum atomic E-state index is -4.84. The molecule has 0 spiro atoms. The molecular formula is C11H9F7. The summed E-state index contributed by atoms with van der Waals surface area (Å²) in [5.41, 5.74) is -1.42. The highest BCUT2D eigenvalue weighted by Gasteiger charge is 2.34. The second kappa shape index (κ2) is 5.16. The van der Waals surface area contributed by atoms with Crippen LogP contribution >= 0.6 is 0 Å². The SMILES string of the molecule is Fc1ccc(CCCC(F)(F)F)cc1C(F)(F)F. The first-order chi connectivity index (χ1) is 8.09. The van der Waals surface area contributed by atoms with Crippen molar-refractivity contribution in [3.63, 3.8) is 0 Å². The summed E-state index contributed by atoms with van der Waals surface area (Å²) in [7, 11) is 0. The van der Waals surface area contributed by atoms with Gasteiger partial charge in [0.05, 0.1) is 5.56 Å². The van der Waals surface area contributed by atoms with E-state index in [0.717, 1.165) is 6.07 Å². The Kier molecular flexibility index (Phi) is 4.24. The number of alkyl halides is 6. The van der Waals surface area contributed by atoms with E-state index in [1.54, 1.807) is 0 Å². The maximum Gasteiger partial charge on any atom is 0.419 e. The van der Waals surface area contributed by atoms with E-state index in [4.69, 9.17) is 0 Å². The average Bonchev–Trinajstić information content (AvgIpc) is 2.17. The predicted molar refractivity (Wildman–Crippen MR) is 50.4 cm³/mol. The van der Waals surface area contributed by atoms with Crippen LogP contribution in [0.15, 0.2) is 18.2 Å². The number of benzene rings is 1. The van der Waals surface area contributed by atoms with Crippen LogP contribution in [-0.4, -0.2) is 6.18 Å². The molecule has 0 N–H and O–H groups in total. The predicted octanol–water partition coefficient (Wildman–Crippen LogP) is 4.73. The smallest absolute Gasteiger partial charge is 0.206 e. The summed E-state index contributed by atoms with van der Waals surface area (Å²) in [4.78, 5) is 0. The van der Waals surface area contributed by atoms with Crippen LogP contribution < -0.4 is 0 Å². The number of aryl methyl sites for hydroxylation is 1. The molecule has 0 aliphatic carbocycles. The van der Waals surface area contributed by atoms with Crippen molar-refractivity contribution >= 4 is 0 Å². The molecule has 0 nitrogen and oxygen atoms in total. The molecule has 0 saturated heterocycles. The van der Waals surface area contributed by atoms with E-state index >= 15 is 0 Å². The van der Waals surface area contributed by atoms with Crippen LogP contribution in [0, 0.1) is 5.82 Å². The average molecular weight is 274 g/mol. The first-order valence-electron chi connectivity index (χ1n) is 5.02. The van der Waals surface area contributed by atoms with Crippen molar-refractivity contribution in [2.24, 2.45) is 0 Å². The summed E-state index contributed by atoms with van der Waals surface area (Å²) in [6.07, 6.45) is -10.8. The van der Waals surface area contributed by atoms with Crippen LogP contribution in [0.2, 0.25) is 0 Å². The lowest BCUT2D eigenvalue weighted by atomic mass is 10.0. The standard InChI is InChI=1S/C11H9F7/c12-9-4-3-7(2-1-5-10(13,14)15)6-8(9)11(16,17)18/h3-4,6H,1-2,5H2. The van der Waals surface area contributed by atoms with Gasteiger partial charge in [-0.1, -0.05) is 6.07 Å². The summed E-state index contributed by atoms with van der Waals surface area (Å²) in [6, 6.07) is 2.22. The van der Waals surface area contributed by atoms with Gasteiger partial charge in [-0.15, -0.1) is 0 Å².